The Morgan fingerprint density at radius 3 is 1.70 bits per heavy atom. The molecule has 2 aromatic rings. The zero-order valence-electron chi connectivity index (χ0n) is 11.6. The Bertz CT molecular complexity index is 559. The van der Waals surface area contributed by atoms with Crippen LogP contribution in [0.5, 0.6) is 0 Å². The minimum absolute atomic E-state index is 0.0942. The van der Waals surface area contributed by atoms with Gasteiger partial charge in [0.1, 0.15) is 0 Å². The fourth-order valence-electron chi connectivity index (χ4n) is 2.58. The molecule has 1 heteroatoms. The Morgan fingerprint density at radius 1 is 0.700 bits per heavy atom. The van der Waals surface area contributed by atoms with Gasteiger partial charge in [0, 0.05) is 5.92 Å². The van der Waals surface area contributed by atoms with E-state index >= 15 is 0 Å². The van der Waals surface area contributed by atoms with Crippen molar-refractivity contribution >= 4 is 10.9 Å². The Kier molecular flexibility index (Phi) is 4.08. The molecule has 3 rings (SSSR count). The Balaban J connectivity index is 2.05. The molecule has 100 valence electrons. The van der Waals surface area contributed by atoms with E-state index in [9.17, 15) is 0 Å². The average Bonchev–Trinajstić information content (AvgIpc) is 2.52. The maximum absolute atomic E-state index is 2.37. The second-order valence-corrected chi connectivity index (χ2v) is 7.22. The summed E-state index contributed by atoms with van der Waals surface area (Å²) in [7, 11) is 0.0942. The van der Waals surface area contributed by atoms with Crippen molar-refractivity contribution in [3.8, 4) is 0 Å². The van der Waals surface area contributed by atoms with Crippen LogP contribution in [-0.2, 0) is 10.9 Å². The monoisotopic (exact) mass is 279 g/mol. The lowest BCUT2D eigenvalue weighted by atomic mass is 10.0. The van der Waals surface area contributed by atoms with Crippen molar-refractivity contribution in [2.45, 2.75) is 22.0 Å². The van der Waals surface area contributed by atoms with E-state index in [0.29, 0.717) is 11.2 Å². The zero-order valence-corrected chi connectivity index (χ0v) is 12.5. The van der Waals surface area contributed by atoms with Crippen LogP contribution in [0.25, 0.3) is 0 Å². The van der Waals surface area contributed by atoms with Crippen LogP contribution >= 0.6 is 0 Å². The SMILES string of the molecule is CC1C=CC=CC1[S+](c1ccccc1)c1ccccc1. The van der Waals surface area contributed by atoms with Crippen molar-refractivity contribution in [2.24, 2.45) is 5.92 Å². The van der Waals surface area contributed by atoms with Crippen molar-refractivity contribution in [3.05, 3.63) is 85.0 Å². The summed E-state index contributed by atoms with van der Waals surface area (Å²) < 4.78 is 0. The van der Waals surface area contributed by atoms with E-state index in [2.05, 4.69) is 91.9 Å². The van der Waals surface area contributed by atoms with Crippen LogP contribution in [0.4, 0.5) is 0 Å². The quantitative estimate of drug-likeness (QED) is 0.704. The van der Waals surface area contributed by atoms with Crippen LogP contribution in [0.2, 0.25) is 0 Å². The van der Waals surface area contributed by atoms with Crippen molar-refractivity contribution in [2.75, 3.05) is 0 Å². The van der Waals surface area contributed by atoms with E-state index in [4.69, 9.17) is 0 Å². The van der Waals surface area contributed by atoms with E-state index < -0.39 is 0 Å². The first-order chi connectivity index (χ1) is 9.86. The average molecular weight is 279 g/mol. The van der Waals surface area contributed by atoms with E-state index in [1.54, 1.807) is 0 Å². The molecule has 0 radical (unpaired) electrons. The van der Waals surface area contributed by atoms with Gasteiger partial charge in [0.15, 0.2) is 15.0 Å². The summed E-state index contributed by atoms with van der Waals surface area (Å²) >= 11 is 0. The van der Waals surface area contributed by atoms with Crippen molar-refractivity contribution in [1.82, 2.24) is 0 Å². The highest BCUT2D eigenvalue weighted by Gasteiger charge is 2.37. The standard InChI is InChI=1S/C19H19S/c1-16-10-8-9-15-19(16)20(17-11-4-2-5-12-17)18-13-6-3-7-14-18/h2-16,19H,1H3/q+1. The summed E-state index contributed by atoms with van der Waals surface area (Å²) in [6.07, 6.45) is 9.04. The van der Waals surface area contributed by atoms with Gasteiger partial charge in [0.2, 0.25) is 0 Å². The van der Waals surface area contributed by atoms with E-state index in [1.165, 1.54) is 9.79 Å². The first-order valence-electron chi connectivity index (χ1n) is 7.04. The van der Waals surface area contributed by atoms with Gasteiger partial charge < -0.3 is 0 Å². The highest BCUT2D eigenvalue weighted by molar-refractivity contribution is 7.97. The number of allylic oxidation sites excluding steroid dienone is 3. The molecule has 0 nitrogen and oxygen atoms in total. The van der Waals surface area contributed by atoms with Gasteiger partial charge in [0.25, 0.3) is 0 Å². The second kappa shape index (κ2) is 6.15. The van der Waals surface area contributed by atoms with E-state index in [1.807, 2.05) is 0 Å². The van der Waals surface area contributed by atoms with Crippen LogP contribution in [-0.4, -0.2) is 5.25 Å². The molecule has 0 saturated heterocycles. The van der Waals surface area contributed by atoms with E-state index in [-0.39, 0.29) is 10.9 Å². The molecule has 0 aromatic heterocycles. The van der Waals surface area contributed by atoms with Crippen molar-refractivity contribution in [3.63, 3.8) is 0 Å². The molecule has 1 aliphatic carbocycles. The van der Waals surface area contributed by atoms with Gasteiger partial charge in [-0.1, -0.05) is 61.5 Å². The third-order valence-corrected chi connectivity index (χ3v) is 6.30. The number of benzene rings is 2. The predicted octanol–water partition coefficient (Wildman–Crippen LogP) is 4.85. The number of rotatable bonds is 3. The van der Waals surface area contributed by atoms with Crippen molar-refractivity contribution < 1.29 is 0 Å². The Hall–Kier alpha value is -1.73. The fourth-order valence-corrected chi connectivity index (χ4v) is 5.14. The lowest BCUT2D eigenvalue weighted by Gasteiger charge is -2.21. The normalized spacial score (nSPS) is 21.3. The molecule has 0 N–H and O–H groups in total. The molecule has 0 aliphatic heterocycles. The van der Waals surface area contributed by atoms with Gasteiger partial charge in [0.05, 0.1) is 10.9 Å². The summed E-state index contributed by atoms with van der Waals surface area (Å²) in [5.41, 5.74) is 0. The molecule has 2 unspecified atom stereocenters. The minimum atomic E-state index is 0.0942. The summed E-state index contributed by atoms with van der Waals surface area (Å²) in [6, 6.07) is 21.8. The second-order valence-electron chi connectivity index (χ2n) is 5.06. The Labute approximate surface area is 124 Å². The molecule has 20 heavy (non-hydrogen) atoms. The van der Waals surface area contributed by atoms with E-state index in [0.717, 1.165) is 0 Å². The van der Waals surface area contributed by atoms with Gasteiger partial charge in [-0.25, -0.2) is 0 Å². The molecule has 2 aromatic carbocycles. The molecule has 0 spiro atoms. The first kappa shape index (κ1) is 13.3. The Morgan fingerprint density at radius 2 is 1.20 bits per heavy atom. The zero-order chi connectivity index (χ0) is 13.8. The summed E-state index contributed by atoms with van der Waals surface area (Å²) in [6.45, 7) is 2.32. The molecule has 0 amide bonds. The van der Waals surface area contributed by atoms with Crippen LogP contribution in [0.3, 0.4) is 0 Å². The molecule has 0 heterocycles. The highest BCUT2D eigenvalue weighted by Crippen LogP contribution is 2.33. The highest BCUT2D eigenvalue weighted by atomic mass is 32.2. The lowest BCUT2D eigenvalue weighted by molar-refractivity contribution is 0.745. The maximum atomic E-state index is 2.37. The summed E-state index contributed by atoms with van der Waals surface area (Å²) in [5, 5.41) is 0.546. The summed E-state index contributed by atoms with van der Waals surface area (Å²) in [5.74, 6) is 0.573. The lowest BCUT2D eigenvalue weighted by Crippen LogP contribution is -2.27. The number of hydrogen-bond acceptors (Lipinski definition) is 0. The largest absolute Gasteiger partial charge is 0.161 e. The smallest absolute Gasteiger partial charge is 0.0764 e. The third-order valence-electron chi connectivity index (χ3n) is 3.61. The van der Waals surface area contributed by atoms with Gasteiger partial charge in [-0.15, -0.1) is 0 Å². The van der Waals surface area contributed by atoms with Crippen LogP contribution in [0, 0.1) is 5.92 Å². The topological polar surface area (TPSA) is 0 Å². The fraction of sp³-hybridized carbons (Fsp3) is 0.158. The molecular formula is C19H19S+. The van der Waals surface area contributed by atoms with Crippen LogP contribution in [0.15, 0.2) is 94.8 Å². The predicted molar refractivity (Wildman–Crippen MR) is 88.0 cm³/mol. The van der Waals surface area contributed by atoms with Crippen molar-refractivity contribution in [1.29, 1.82) is 0 Å². The van der Waals surface area contributed by atoms with Gasteiger partial charge in [-0.05, 0) is 30.3 Å². The minimum Gasteiger partial charge on any atom is -0.0764 e. The first-order valence-corrected chi connectivity index (χ1v) is 8.33. The molecule has 2 atom stereocenters. The molecule has 1 aliphatic rings. The van der Waals surface area contributed by atoms with Crippen LogP contribution < -0.4 is 0 Å². The summed E-state index contributed by atoms with van der Waals surface area (Å²) in [4.78, 5) is 2.85. The van der Waals surface area contributed by atoms with Gasteiger partial charge in [-0.2, -0.15) is 0 Å². The molecule has 0 fully saturated rings. The number of hydrogen-bond donors (Lipinski definition) is 0. The third kappa shape index (κ3) is 2.73. The maximum Gasteiger partial charge on any atom is 0.161 e. The van der Waals surface area contributed by atoms with Crippen LogP contribution in [0.1, 0.15) is 6.92 Å². The molecule has 0 saturated carbocycles. The van der Waals surface area contributed by atoms with Gasteiger partial charge >= 0.3 is 0 Å². The van der Waals surface area contributed by atoms with Gasteiger partial charge in [-0.3, -0.25) is 0 Å². The molecule has 0 bridgehead atoms. The molecular weight excluding hydrogens is 260 g/mol.